The second kappa shape index (κ2) is 11.9. The van der Waals surface area contributed by atoms with E-state index in [0.717, 1.165) is 11.3 Å². The van der Waals surface area contributed by atoms with Crippen LogP contribution in [0.15, 0.2) is 36.4 Å². The maximum absolute atomic E-state index is 14.1. The van der Waals surface area contributed by atoms with Crippen molar-refractivity contribution < 1.29 is 48.7 Å². The summed E-state index contributed by atoms with van der Waals surface area (Å²) < 4.78 is 124. The molecule has 0 radical (unpaired) electrons. The normalized spacial score (nSPS) is 26.5. The molecular formula is C33H37F7N2O4S. The number of benzene rings is 2. The smallest absolute Gasteiger partial charge is 0.341 e. The quantitative estimate of drug-likeness (QED) is 0.295. The van der Waals surface area contributed by atoms with Gasteiger partial charge in [-0.15, -0.1) is 0 Å². The molecule has 1 heterocycles. The molecule has 2 bridgehead atoms. The van der Waals surface area contributed by atoms with Crippen LogP contribution in [0.5, 0.6) is 0 Å². The lowest BCUT2D eigenvalue weighted by atomic mass is 9.70. The molecule has 2 unspecified atom stereocenters. The molecule has 2 aliphatic carbocycles. The van der Waals surface area contributed by atoms with Crippen molar-refractivity contribution in [1.29, 1.82) is 0 Å². The Bertz CT molecular complexity index is 1660. The fourth-order valence-corrected chi connectivity index (χ4v) is 10.4. The van der Waals surface area contributed by atoms with E-state index in [4.69, 9.17) is 0 Å². The number of alkyl halides is 6. The first-order valence-electron chi connectivity index (χ1n) is 15.4. The van der Waals surface area contributed by atoms with Crippen molar-refractivity contribution in [3.8, 4) is 0 Å². The molecule has 1 aliphatic heterocycles. The van der Waals surface area contributed by atoms with E-state index in [1.54, 1.807) is 6.92 Å². The number of halogens is 7. The standard InChI is InChI=1S/C33H37F7N2O4S/c1-19-11-24(34)5-6-25(19)27-17-42(47(45,46)18-31-9-7-21(15-28(31)43)30(31,2)3)10-8-26(27)29(44)41(4)16-20-12-22(32(35,36)37)14-23(13-20)33(38,39)40/h5-6,11-14,21,26-27H,7-10,15-18H2,1-4H3/t21-,26?,27?,31-/m1/s1. The Morgan fingerprint density at radius 1 is 1.00 bits per heavy atom. The van der Waals surface area contributed by atoms with E-state index >= 15 is 0 Å². The van der Waals surface area contributed by atoms with Crippen molar-refractivity contribution in [1.82, 2.24) is 9.21 Å². The van der Waals surface area contributed by atoms with Gasteiger partial charge in [0.15, 0.2) is 0 Å². The second-order valence-electron chi connectivity index (χ2n) is 13.9. The average molecular weight is 691 g/mol. The molecular weight excluding hydrogens is 653 g/mol. The molecule has 3 aliphatic rings. The van der Waals surface area contributed by atoms with Crippen LogP contribution in [0.3, 0.4) is 0 Å². The van der Waals surface area contributed by atoms with Crippen LogP contribution in [0.1, 0.15) is 73.3 Å². The third kappa shape index (κ3) is 6.43. The molecule has 0 spiro atoms. The number of rotatable bonds is 7. The highest BCUT2D eigenvalue weighted by molar-refractivity contribution is 7.89. The van der Waals surface area contributed by atoms with Gasteiger partial charge in [0.2, 0.25) is 15.9 Å². The summed E-state index contributed by atoms with van der Waals surface area (Å²) >= 11 is 0. The van der Waals surface area contributed by atoms with Gasteiger partial charge in [-0.1, -0.05) is 19.9 Å². The average Bonchev–Trinajstić information content (AvgIpc) is 3.29. The minimum absolute atomic E-state index is 0.00670. The van der Waals surface area contributed by atoms with Crippen LogP contribution in [-0.4, -0.2) is 55.2 Å². The maximum Gasteiger partial charge on any atom is 0.416 e. The molecule has 0 N–H and O–H groups in total. The van der Waals surface area contributed by atoms with E-state index in [9.17, 15) is 48.7 Å². The fraction of sp³-hybridized carbons (Fsp3) is 0.576. The summed E-state index contributed by atoms with van der Waals surface area (Å²) in [6.07, 6.45) is -8.56. The molecule has 6 nitrogen and oxygen atoms in total. The van der Waals surface area contributed by atoms with Crippen molar-refractivity contribution in [2.75, 3.05) is 25.9 Å². The molecule has 4 atom stereocenters. The summed E-state index contributed by atoms with van der Waals surface area (Å²) in [5, 5.41) is 0. The Labute approximate surface area is 269 Å². The van der Waals surface area contributed by atoms with Gasteiger partial charge in [0, 0.05) is 50.4 Å². The van der Waals surface area contributed by atoms with Gasteiger partial charge in [-0.05, 0) is 84.5 Å². The number of piperidine rings is 1. The van der Waals surface area contributed by atoms with E-state index in [0.29, 0.717) is 36.1 Å². The molecule has 1 amide bonds. The Hall–Kier alpha value is -3.00. The van der Waals surface area contributed by atoms with Crippen molar-refractivity contribution in [2.24, 2.45) is 22.7 Å². The van der Waals surface area contributed by atoms with Crippen molar-refractivity contribution in [3.63, 3.8) is 0 Å². The number of hydrogen-bond acceptors (Lipinski definition) is 4. The highest BCUT2D eigenvalue weighted by Gasteiger charge is 2.65. The van der Waals surface area contributed by atoms with Gasteiger partial charge in [-0.2, -0.15) is 26.3 Å². The Morgan fingerprint density at radius 3 is 2.13 bits per heavy atom. The van der Waals surface area contributed by atoms with E-state index in [2.05, 4.69) is 0 Å². The van der Waals surface area contributed by atoms with Gasteiger partial charge in [-0.25, -0.2) is 17.1 Å². The van der Waals surface area contributed by atoms with Crippen molar-refractivity contribution in [3.05, 3.63) is 70.0 Å². The highest BCUT2D eigenvalue weighted by atomic mass is 32.2. The largest absolute Gasteiger partial charge is 0.416 e. The van der Waals surface area contributed by atoms with E-state index in [1.165, 1.54) is 29.6 Å². The van der Waals surface area contributed by atoms with Gasteiger partial charge in [-0.3, -0.25) is 9.59 Å². The lowest BCUT2D eigenvalue weighted by molar-refractivity contribution is -0.143. The Balaban J connectivity index is 1.43. The molecule has 5 rings (SSSR count). The fourth-order valence-electron chi connectivity index (χ4n) is 8.10. The summed E-state index contributed by atoms with van der Waals surface area (Å²) in [7, 11) is -2.77. The number of ketones is 1. The van der Waals surface area contributed by atoms with Gasteiger partial charge in [0.25, 0.3) is 0 Å². The molecule has 0 aromatic heterocycles. The van der Waals surface area contributed by atoms with Crippen LogP contribution in [0.25, 0.3) is 0 Å². The first-order valence-corrected chi connectivity index (χ1v) is 17.0. The number of sulfonamides is 1. The molecule has 47 heavy (non-hydrogen) atoms. The van der Waals surface area contributed by atoms with Gasteiger partial charge >= 0.3 is 12.4 Å². The Morgan fingerprint density at radius 2 is 1.62 bits per heavy atom. The topological polar surface area (TPSA) is 74.8 Å². The minimum Gasteiger partial charge on any atom is -0.341 e. The number of aryl methyl sites for hydroxylation is 1. The molecule has 2 aromatic rings. The van der Waals surface area contributed by atoms with Crippen LogP contribution >= 0.6 is 0 Å². The summed E-state index contributed by atoms with van der Waals surface area (Å²) in [6.45, 7) is 4.64. The zero-order valence-corrected chi connectivity index (χ0v) is 27.3. The van der Waals surface area contributed by atoms with Gasteiger partial charge in [0.05, 0.1) is 16.9 Å². The first-order chi connectivity index (χ1) is 21.6. The Kier molecular flexibility index (Phi) is 8.90. The number of amides is 1. The number of carbonyl (C=O) groups is 2. The summed E-state index contributed by atoms with van der Waals surface area (Å²) in [5.41, 5.74) is -3.96. The lowest BCUT2D eigenvalue weighted by Gasteiger charge is -2.42. The minimum atomic E-state index is -5.06. The monoisotopic (exact) mass is 690 g/mol. The van der Waals surface area contributed by atoms with E-state index in [1.807, 2.05) is 13.8 Å². The number of fused-ring (bicyclic) bond motifs is 2. The molecule has 1 saturated heterocycles. The predicted molar refractivity (Wildman–Crippen MR) is 159 cm³/mol. The molecule has 3 fully saturated rings. The van der Waals surface area contributed by atoms with Crippen molar-refractivity contribution in [2.45, 2.75) is 71.3 Å². The van der Waals surface area contributed by atoms with Crippen LogP contribution in [0.4, 0.5) is 30.7 Å². The molecule has 2 aromatic carbocycles. The van der Waals surface area contributed by atoms with Crippen LogP contribution < -0.4 is 0 Å². The van der Waals surface area contributed by atoms with E-state index in [-0.39, 0.29) is 48.6 Å². The zero-order chi connectivity index (χ0) is 34.9. The first kappa shape index (κ1) is 35.3. The van der Waals surface area contributed by atoms with Gasteiger partial charge < -0.3 is 4.90 Å². The third-order valence-electron chi connectivity index (χ3n) is 10.9. The summed E-state index contributed by atoms with van der Waals surface area (Å²) in [6, 6.07) is 5.02. The number of Topliss-reactive ketones (excluding diaryl/α,β-unsaturated/α-hetero) is 1. The molecule has 258 valence electrons. The SMILES string of the molecule is Cc1cc(F)ccc1C1CN(S(=O)(=O)C[C@]23CC[C@H](CC2=O)C3(C)C)CCC1C(=O)N(C)Cc1cc(C(F)(F)F)cc(C(F)(F)F)c1. The summed E-state index contributed by atoms with van der Waals surface area (Å²) in [4.78, 5) is 28.0. The van der Waals surface area contributed by atoms with Crippen LogP contribution in [-0.2, 0) is 38.5 Å². The van der Waals surface area contributed by atoms with Crippen molar-refractivity contribution >= 4 is 21.7 Å². The number of nitrogens with zero attached hydrogens (tertiary/aromatic N) is 2. The highest BCUT2D eigenvalue weighted by Crippen LogP contribution is 2.64. The lowest BCUT2D eigenvalue weighted by Crippen LogP contribution is -2.51. The van der Waals surface area contributed by atoms with E-state index < -0.39 is 74.4 Å². The van der Waals surface area contributed by atoms with Crippen LogP contribution in [0, 0.1) is 35.4 Å². The number of carbonyl (C=O) groups excluding carboxylic acids is 2. The molecule has 2 saturated carbocycles. The predicted octanol–water partition coefficient (Wildman–Crippen LogP) is 6.96. The number of hydrogen-bond donors (Lipinski definition) is 0. The maximum atomic E-state index is 14.1. The van der Waals surface area contributed by atoms with Crippen LogP contribution in [0.2, 0.25) is 0 Å². The summed E-state index contributed by atoms with van der Waals surface area (Å²) in [5.74, 6) is -3.21. The van der Waals surface area contributed by atoms with Gasteiger partial charge in [0.1, 0.15) is 11.6 Å². The second-order valence-corrected chi connectivity index (χ2v) is 15.9. The third-order valence-corrected chi connectivity index (χ3v) is 12.9. The molecule has 14 heteroatoms. The zero-order valence-electron chi connectivity index (χ0n) is 26.4.